The molecule has 0 bridgehead atoms. The second-order valence-corrected chi connectivity index (χ2v) is 6.53. The van der Waals surface area contributed by atoms with Crippen molar-refractivity contribution in [1.82, 2.24) is 0 Å². The zero-order valence-electron chi connectivity index (χ0n) is 15.9. The van der Waals surface area contributed by atoms with E-state index < -0.39 is 0 Å². The van der Waals surface area contributed by atoms with Crippen LogP contribution in [0.25, 0.3) is 5.57 Å². The van der Waals surface area contributed by atoms with Crippen molar-refractivity contribution in [2.45, 2.75) is 26.2 Å². The molecule has 3 rings (SSSR count). The van der Waals surface area contributed by atoms with Crippen molar-refractivity contribution in [3.8, 4) is 17.2 Å². The fourth-order valence-corrected chi connectivity index (χ4v) is 3.67. The maximum atomic E-state index is 13.0. The van der Waals surface area contributed by atoms with Crippen LogP contribution in [0.3, 0.4) is 0 Å². The Kier molecular flexibility index (Phi) is 5.03. The number of benzene rings is 2. The van der Waals surface area contributed by atoms with Crippen LogP contribution in [0.1, 0.15) is 46.3 Å². The minimum absolute atomic E-state index is 0.0109. The van der Waals surface area contributed by atoms with Crippen LogP contribution in [0.4, 0.5) is 0 Å². The standard InChI is InChI=1S/C22H24O4/c1-13-6-8-17-14(2)10-15(21(17)22(13)26-5)11-19(23)18-12-16(24-3)7-9-20(18)25-4/h6-10,12,15H,11H2,1-5H3. The topological polar surface area (TPSA) is 44.8 Å². The summed E-state index contributed by atoms with van der Waals surface area (Å²) in [6.45, 7) is 4.10. The minimum Gasteiger partial charge on any atom is -0.497 e. The maximum absolute atomic E-state index is 13.0. The monoisotopic (exact) mass is 352 g/mol. The van der Waals surface area contributed by atoms with E-state index in [1.54, 1.807) is 39.5 Å². The molecule has 0 spiro atoms. The van der Waals surface area contributed by atoms with Gasteiger partial charge in [0.05, 0.1) is 26.9 Å². The Bertz CT molecular complexity index is 880. The number of hydrogen-bond acceptors (Lipinski definition) is 4. The van der Waals surface area contributed by atoms with Crippen LogP contribution in [-0.4, -0.2) is 27.1 Å². The van der Waals surface area contributed by atoms with Crippen molar-refractivity contribution in [2.24, 2.45) is 0 Å². The van der Waals surface area contributed by atoms with Gasteiger partial charge in [0, 0.05) is 17.9 Å². The largest absolute Gasteiger partial charge is 0.497 e. The van der Waals surface area contributed by atoms with Crippen molar-refractivity contribution in [2.75, 3.05) is 21.3 Å². The smallest absolute Gasteiger partial charge is 0.167 e. The number of allylic oxidation sites excluding steroid dienone is 2. The second kappa shape index (κ2) is 7.24. The summed E-state index contributed by atoms with van der Waals surface area (Å²) in [5.41, 5.74) is 5.04. The molecule has 0 saturated carbocycles. The predicted molar refractivity (Wildman–Crippen MR) is 103 cm³/mol. The fraction of sp³-hybridized carbons (Fsp3) is 0.318. The number of aryl methyl sites for hydroxylation is 1. The Morgan fingerprint density at radius 3 is 2.42 bits per heavy atom. The molecule has 0 radical (unpaired) electrons. The van der Waals surface area contributed by atoms with Crippen molar-refractivity contribution >= 4 is 11.4 Å². The summed E-state index contributed by atoms with van der Waals surface area (Å²) < 4.78 is 16.3. The molecule has 1 aliphatic carbocycles. The first-order chi connectivity index (χ1) is 12.5. The number of carbonyl (C=O) groups excluding carboxylic acids is 1. The average molecular weight is 352 g/mol. The molecule has 2 aromatic carbocycles. The molecule has 4 nitrogen and oxygen atoms in total. The first-order valence-electron chi connectivity index (χ1n) is 8.61. The lowest BCUT2D eigenvalue weighted by molar-refractivity contribution is 0.0975. The third kappa shape index (κ3) is 3.07. The Hall–Kier alpha value is -2.75. The number of rotatable bonds is 6. The highest BCUT2D eigenvalue weighted by molar-refractivity contribution is 6.00. The first kappa shape index (κ1) is 18.1. The van der Waals surface area contributed by atoms with E-state index in [1.807, 2.05) is 6.92 Å². The normalized spacial score (nSPS) is 15.3. The molecule has 26 heavy (non-hydrogen) atoms. The number of ketones is 1. The van der Waals surface area contributed by atoms with Gasteiger partial charge in [0.1, 0.15) is 17.2 Å². The number of carbonyl (C=O) groups is 1. The summed E-state index contributed by atoms with van der Waals surface area (Å²) in [5.74, 6) is 2.08. The van der Waals surface area contributed by atoms with Gasteiger partial charge in [-0.25, -0.2) is 0 Å². The highest BCUT2D eigenvalue weighted by Crippen LogP contribution is 2.45. The van der Waals surface area contributed by atoms with Gasteiger partial charge in [-0.3, -0.25) is 4.79 Å². The van der Waals surface area contributed by atoms with E-state index >= 15 is 0 Å². The van der Waals surface area contributed by atoms with Gasteiger partial charge < -0.3 is 14.2 Å². The second-order valence-electron chi connectivity index (χ2n) is 6.53. The van der Waals surface area contributed by atoms with Crippen LogP contribution in [0.15, 0.2) is 36.4 Å². The zero-order chi connectivity index (χ0) is 18.8. The first-order valence-corrected chi connectivity index (χ1v) is 8.61. The van der Waals surface area contributed by atoms with E-state index in [0.29, 0.717) is 23.5 Å². The molecule has 4 heteroatoms. The summed E-state index contributed by atoms with van der Waals surface area (Å²) in [6.07, 6.45) is 2.50. The number of ether oxygens (including phenoxy) is 3. The van der Waals surface area contributed by atoms with Gasteiger partial charge in [0.25, 0.3) is 0 Å². The van der Waals surface area contributed by atoms with E-state index in [2.05, 4.69) is 25.1 Å². The molecule has 0 saturated heterocycles. The molecule has 0 aromatic heterocycles. The van der Waals surface area contributed by atoms with Gasteiger partial charge in [0.15, 0.2) is 5.78 Å². The van der Waals surface area contributed by atoms with Gasteiger partial charge in [0.2, 0.25) is 0 Å². The van der Waals surface area contributed by atoms with Crippen molar-refractivity contribution < 1.29 is 19.0 Å². The summed E-state index contributed by atoms with van der Waals surface area (Å²) in [5, 5.41) is 0. The maximum Gasteiger partial charge on any atom is 0.167 e. The summed E-state index contributed by atoms with van der Waals surface area (Å²) >= 11 is 0. The van der Waals surface area contributed by atoms with Crippen LogP contribution in [0, 0.1) is 6.92 Å². The number of methoxy groups -OCH3 is 3. The minimum atomic E-state index is -0.0109. The molecular formula is C22H24O4. The highest BCUT2D eigenvalue weighted by Gasteiger charge is 2.29. The molecule has 1 atom stereocenters. The average Bonchev–Trinajstić information content (AvgIpc) is 2.96. The lowest BCUT2D eigenvalue weighted by Crippen LogP contribution is -2.08. The van der Waals surface area contributed by atoms with Gasteiger partial charge in [-0.1, -0.05) is 18.2 Å². The molecule has 0 N–H and O–H groups in total. The number of Topliss-reactive ketones (excluding diaryl/α,β-unsaturated/α-hetero) is 1. The molecule has 1 unspecified atom stereocenters. The van der Waals surface area contributed by atoms with E-state index in [4.69, 9.17) is 14.2 Å². The quantitative estimate of drug-likeness (QED) is 0.701. The van der Waals surface area contributed by atoms with Crippen molar-refractivity contribution in [1.29, 1.82) is 0 Å². The van der Waals surface area contributed by atoms with E-state index in [1.165, 1.54) is 5.57 Å². The predicted octanol–water partition coefficient (Wildman–Crippen LogP) is 4.79. The molecule has 0 amide bonds. The summed E-state index contributed by atoms with van der Waals surface area (Å²) in [4.78, 5) is 13.0. The Labute approximate surface area is 154 Å². The number of hydrogen-bond donors (Lipinski definition) is 0. The SMILES string of the molecule is COc1ccc(OC)c(C(=O)CC2C=C(C)c3ccc(C)c(OC)c32)c1. The van der Waals surface area contributed by atoms with Crippen LogP contribution in [-0.2, 0) is 0 Å². The van der Waals surface area contributed by atoms with E-state index in [0.717, 1.165) is 22.4 Å². The van der Waals surface area contributed by atoms with E-state index in [-0.39, 0.29) is 11.7 Å². The Balaban J connectivity index is 1.97. The van der Waals surface area contributed by atoms with Crippen LogP contribution in [0.5, 0.6) is 17.2 Å². The molecule has 0 aliphatic heterocycles. The zero-order valence-corrected chi connectivity index (χ0v) is 15.9. The highest BCUT2D eigenvalue weighted by atomic mass is 16.5. The van der Waals surface area contributed by atoms with Gasteiger partial charge in [-0.05, 0) is 48.7 Å². The van der Waals surface area contributed by atoms with Crippen molar-refractivity contribution in [3.63, 3.8) is 0 Å². The summed E-state index contributed by atoms with van der Waals surface area (Å²) in [6, 6.07) is 9.46. The third-order valence-electron chi connectivity index (χ3n) is 4.96. The molecular weight excluding hydrogens is 328 g/mol. The lowest BCUT2D eigenvalue weighted by Gasteiger charge is -2.17. The van der Waals surface area contributed by atoms with Gasteiger partial charge in [-0.15, -0.1) is 0 Å². The molecule has 0 fully saturated rings. The Morgan fingerprint density at radius 1 is 1.00 bits per heavy atom. The van der Waals surface area contributed by atoms with E-state index in [9.17, 15) is 4.79 Å². The van der Waals surface area contributed by atoms with Crippen LogP contribution >= 0.6 is 0 Å². The molecule has 0 heterocycles. The van der Waals surface area contributed by atoms with Gasteiger partial charge in [-0.2, -0.15) is 0 Å². The molecule has 136 valence electrons. The van der Waals surface area contributed by atoms with Crippen LogP contribution < -0.4 is 14.2 Å². The molecule has 2 aromatic rings. The summed E-state index contributed by atoms with van der Waals surface area (Å²) in [7, 11) is 4.84. The third-order valence-corrected chi connectivity index (χ3v) is 4.96. The lowest BCUT2D eigenvalue weighted by atomic mass is 9.90. The number of fused-ring (bicyclic) bond motifs is 1. The fourth-order valence-electron chi connectivity index (χ4n) is 3.67. The Morgan fingerprint density at radius 2 is 1.77 bits per heavy atom. The van der Waals surface area contributed by atoms with Crippen LogP contribution in [0.2, 0.25) is 0 Å². The van der Waals surface area contributed by atoms with Crippen molar-refractivity contribution in [3.05, 3.63) is 58.7 Å². The molecule has 1 aliphatic rings. The van der Waals surface area contributed by atoms with Gasteiger partial charge >= 0.3 is 0 Å².